The first-order valence-electron chi connectivity index (χ1n) is 35.4. The molecule has 1 amide bonds. The highest BCUT2D eigenvalue weighted by atomic mass is 16.7. The van der Waals surface area contributed by atoms with Crippen molar-refractivity contribution in [3.8, 4) is 0 Å². The van der Waals surface area contributed by atoms with E-state index in [-0.39, 0.29) is 12.5 Å². The van der Waals surface area contributed by atoms with E-state index in [1.54, 1.807) is 6.08 Å². The zero-order valence-electron chi connectivity index (χ0n) is 53.3. The summed E-state index contributed by atoms with van der Waals surface area (Å²) in [6.07, 6.45) is 76.6. The van der Waals surface area contributed by atoms with Crippen molar-refractivity contribution in [2.24, 2.45) is 0 Å². The van der Waals surface area contributed by atoms with Crippen LogP contribution in [-0.4, -0.2) is 87.5 Å². The zero-order valence-corrected chi connectivity index (χ0v) is 53.3. The van der Waals surface area contributed by atoms with Gasteiger partial charge in [0.15, 0.2) is 6.29 Å². The first-order chi connectivity index (χ1) is 39.8. The van der Waals surface area contributed by atoms with Crippen molar-refractivity contribution in [1.82, 2.24) is 5.32 Å². The number of carbonyl (C=O) groups excluding carboxylic acids is 1. The molecule has 1 heterocycles. The highest BCUT2D eigenvalue weighted by Gasteiger charge is 2.44. The Balaban J connectivity index is 2.12. The van der Waals surface area contributed by atoms with Crippen molar-refractivity contribution in [3.63, 3.8) is 0 Å². The normalized spacial score (nSPS) is 18.6. The molecule has 1 aliphatic rings. The van der Waals surface area contributed by atoms with Gasteiger partial charge in [-0.1, -0.05) is 326 Å². The molecule has 0 radical (unpaired) electrons. The van der Waals surface area contributed by atoms with Gasteiger partial charge in [-0.15, -0.1) is 0 Å². The molecule has 0 aromatic rings. The summed E-state index contributed by atoms with van der Waals surface area (Å²) in [6, 6.07) is -0.823. The van der Waals surface area contributed by atoms with Crippen LogP contribution < -0.4 is 5.32 Å². The number of hydrogen-bond acceptors (Lipinski definition) is 8. The molecule has 0 saturated carbocycles. The van der Waals surface area contributed by atoms with Crippen LogP contribution in [0.3, 0.4) is 0 Å². The Bertz CT molecular complexity index is 1420. The van der Waals surface area contributed by atoms with Crippen LogP contribution in [0.25, 0.3) is 0 Å². The van der Waals surface area contributed by atoms with Crippen molar-refractivity contribution in [1.29, 1.82) is 0 Å². The molecule has 0 aromatic carbocycles. The lowest BCUT2D eigenvalue weighted by Gasteiger charge is -2.40. The molecule has 9 nitrogen and oxygen atoms in total. The molecule has 9 heteroatoms. The van der Waals surface area contributed by atoms with Gasteiger partial charge in [-0.3, -0.25) is 4.79 Å². The van der Waals surface area contributed by atoms with Crippen molar-refractivity contribution in [2.45, 2.75) is 391 Å². The van der Waals surface area contributed by atoms with Crippen LogP contribution in [0, 0.1) is 0 Å². The van der Waals surface area contributed by atoms with Crippen molar-refractivity contribution >= 4 is 5.91 Å². The SMILES string of the molecule is CCCCCCCCCCCCC/C=C\C/C=C\CCCCCCCCCCCCCCCCCCCC(=O)NC(COC1OC(CO)C(O)C(O)C1O)C(O)/C=C/CC/C=C/CCCCCCCCCCCCCCCCCCC. The Morgan fingerprint density at radius 3 is 1.11 bits per heavy atom. The molecule has 1 rings (SSSR count). The average molecular weight is 1140 g/mol. The molecule has 1 aliphatic heterocycles. The van der Waals surface area contributed by atoms with Crippen LogP contribution in [0.1, 0.15) is 348 Å². The Morgan fingerprint density at radius 1 is 0.420 bits per heavy atom. The van der Waals surface area contributed by atoms with Gasteiger partial charge in [-0.25, -0.2) is 0 Å². The highest BCUT2D eigenvalue weighted by Crippen LogP contribution is 2.23. The number of amides is 1. The van der Waals surface area contributed by atoms with Gasteiger partial charge in [-0.05, 0) is 64.2 Å². The van der Waals surface area contributed by atoms with Crippen molar-refractivity contribution in [2.75, 3.05) is 13.2 Å². The molecule has 0 spiro atoms. The van der Waals surface area contributed by atoms with E-state index in [2.05, 4.69) is 55.6 Å². The fourth-order valence-corrected chi connectivity index (χ4v) is 11.3. The third kappa shape index (κ3) is 50.1. The van der Waals surface area contributed by atoms with E-state index in [1.807, 2.05) is 6.08 Å². The Morgan fingerprint density at radius 2 is 0.741 bits per heavy atom. The second-order valence-corrected chi connectivity index (χ2v) is 24.7. The molecule has 0 aliphatic carbocycles. The largest absolute Gasteiger partial charge is 0.394 e. The van der Waals surface area contributed by atoms with Crippen LogP contribution >= 0.6 is 0 Å². The van der Waals surface area contributed by atoms with Crippen LogP contribution in [0.15, 0.2) is 48.6 Å². The summed E-state index contributed by atoms with van der Waals surface area (Å²) in [6.45, 7) is 3.81. The lowest BCUT2D eigenvalue weighted by molar-refractivity contribution is -0.302. The molecule has 0 bridgehead atoms. The molecule has 7 atom stereocenters. The number of carbonyl (C=O) groups is 1. The first kappa shape index (κ1) is 77.2. The second-order valence-electron chi connectivity index (χ2n) is 24.7. The van der Waals surface area contributed by atoms with Crippen LogP contribution in [0.2, 0.25) is 0 Å². The van der Waals surface area contributed by atoms with Gasteiger partial charge in [0.2, 0.25) is 5.91 Å². The minimum Gasteiger partial charge on any atom is -0.394 e. The molecular weight excluding hydrogens is 1010 g/mol. The molecular formula is C72H135NO8. The minimum absolute atomic E-state index is 0.181. The maximum absolute atomic E-state index is 13.1. The Hall–Kier alpha value is -1.85. The van der Waals surface area contributed by atoms with Gasteiger partial charge in [0, 0.05) is 6.42 Å². The maximum Gasteiger partial charge on any atom is 0.220 e. The summed E-state index contributed by atoms with van der Waals surface area (Å²) < 4.78 is 11.3. The third-order valence-corrected chi connectivity index (χ3v) is 16.9. The molecule has 6 N–H and O–H groups in total. The lowest BCUT2D eigenvalue weighted by atomic mass is 9.99. The van der Waals surface area contributed by atoms with E-state index in [0.717, 1.165) is 44.9 Å². The standard InChI is InChI=1S/C72H135NO8/c1-3-5-7-9-11-13-15-17-19-21-23-25-27-28-29-30-31-32-33-34-35-36-37-38-40-42-44-46-48-50-52-54-56-58-60-62-68(76)73-65(64-80-72-71(79)70(78)69(77)67(63-74)81-72)66(75)61-59-57-55-53-51-49-47-45-43-41-39-26-24-22-20-18-16-14-12-10-8-6-4-2/h27-28,30-31,51,53,59,61,65-67,69-72,74-75,77-79H,3-26,29,32-50,52,54-58,60,62-64H2,1-2H3,(H,73,76)/b28-27-,31-30-,53-51+,61-59+. The highest BCUT2D eigenvalue weighted by molar-refractivity contribution is 5.76. The maximum atomic E-state index is 13.1. The van der Waals surface area contributed by atoms with Gasteiger partial charge < -0.3 is 40.3 Å². The number of rotatable bonds is 62. The minimum atomic E-state index is -1.57. The molecule has 1 fully saturated rings. The van der Waals surface area contributed by atoms with Crippen LogP contribution in [0.4, 0.5) is 0 Å². The van der Waals surface area contributed by atoms with Crippen molar-refractivity contribution in [3.05, 3.63) is 48.6 Å². The van der Waals surface area contributed by atoms with Crippen LogP contribution in [0.5, 0.6) is 0 Å². The van der Waals surface area contributed by atoms with E-state index in [0.29, 0.717) is 6.42 Å². The molecule has 0 aromatic heterocycles. The van der Waals surface area contributed by atoms with Crippen molar-refractivity contribution < 1.29 is 39.8 Å². The third-order valence-electron chi connectivity index (χ3n) is 16.9. The molecule has 81 heavy (non-hydrogen) atoms. The smallest absolute Gasteiger partial charge is 0.220 e. The van der Waals surface area contributed by atoms with E-state index < -0.39 is 49.5 Å². The molecule has 476 valence electrons. The number of unbranched alkanes of at least 4 members (excludes halogenated alkanes) is 46. The predicted molar refractivity (Wildman–Crippen MR) is 346 cm³/mol. The summed E-state index contributed by atoms with van der Waals surface area (Å²) >= 11 is 0. The van der Waals surface area contributed by atoms with E-state index in [1.165, 1.54) is 283 Å². The Labute approximate surface area is 501 Å². The van der Waals surface area contributed by atoms with Gasteiger partial charge >= 0.3 is 0 Å². The topological polar surface area (TPSA) is 149 Å². The summed E-state index contributed by atoms with van der Waals surface area (Å²) in [5.74, 6) is -0.181. The number of hydrogen-bond donors (Lipinski definition) is 6. The fourth-order valence-electron chi connectivity index (χ4n) is 11.3. The number of aliphatic hydroxyl groups is 5. The first-order valence-corrected chi connectivity index (χ1v) is 35.4. The van der Waals surface area contributed by atoms with Crippen LogP contribution in [-0.2, 0) is 14.3 Å². The average Bonchev–Trinajstić information content (AvgIpc) is 3.48. The zero-order chi connectivity index (χ0) is 58.6. The van der Waals surface area contributed by atoms with Gasteiger partial charge in [0.25, 0.3) is 0 Å². The number of nitrogens with one attached hydrogen (secondary N) is 1. The van der Waals surface area contributed by atoms with E-state index in [4.69, 9.17) is 9.47 Å². The summed E-state index contributed by atoms with van der Waals surface area (Å²) in [5, 5.41) is 54.7. The molecule has 1 saturated heterocycles. The molecule has 7 unspecified atom stereocenters. The Kier molecular flexibility index (Phi) is 58.3. The van der Waals surface area contributed by atoms with Gasteiger partial charge in [0.1, 0.15) is 24.4 Å². The number of ether oxygens (including phenoxy) is 2. The summed E-state index contributed by atoms with van der Waals surface area (Å²) in [7, 11) is 0. The summed E-state index contributed by atoms with van der Waals surface area (Å²) in [4.78, 5) is 13.1. The number of allylic oxidation sites excluding steroid dienone is 7. The summed E-state index contributed by atoms with van der Waals surface area (Å²) in [5.41, 5.74) is 0. The van der Waals surface area contributed by atoms with Gasteiger partial charge in [0.05, 0.1) is 25.4 Å². The number of aliphatic hydroxyl groups excluding tert-OH is 5. The van der Waals surface area contributed by atoms with Gasteiger partial charge in [-0.2, -0.15) is 0 Å². The monoisotopic (exact) mass is 1140 g/mol. The van der Waals surface area contributed by atoms with E-state index >= 15 is 0 Å². The lowest BCUT2D eigenvalue weighted by Crippen LogP contribution is -2.60. The second kappa shape index (κ2) is 61.2. The quantitative estimate of drug-likeness (QED) is 0.0261. The van der Waals surface area contributed by atoms with E-state index in [9.17, 15) is 30.3 Å². The predicted octanol–water partition coefficient (Wildman–Crippen LogP) is 19.2. The fraction of sp³-hybridized carbons (Fsp3) is 0.875.